The van der Waals surface area contributed by atoms with Crippen LogP contribution in [0, 0.1) is 0 Å². The van der Waals surface area contributed by atoms with Crippen molar-refractivity contribution in [2.24, 2.45) is 0 Å². The number of hydrogen-bond donors (Lipinski definition) is 1. The van der Waals surface area contributed by atoms with Crippen LogP contribution in [-0.2, 0) is 10.5 Å². The fourth-order valence-electron chi connectivity index (χ4n) is 4.16. The van der Waals surface area contributed by atoms with Gasteiger partial charge in [-0.2, -0.15) is 11.8 Å². The van der Waals surface area contributed by atoms with E-state index in [0.717, 1.165) is 22.4 Å². The van der Waals surface area contributed by atoms with E-state index < -0.39 is 12.1 Å². The van der Waals surface area contributed by atoms with E-state index in [1.165, 1.54) is 4.90 Å². The van der Waals surface area contributed by atoms with Crippen molar-refractivity contribution in [3.05, 3.63) is 96.1 Å². The van der Waals surface area contributed by atoms with Crippen LogP contribution in [0.2, 0.25) is 0 Å². The number of nitrogens with zero attached hydrogens (tertiary/aromatic N) is 2. The SMILES string of the molecule is CCCN(C(=O)N[C@@H](CSCc1ccccc1)C(=O)N(CC)CC)C(=O)c1cccc(-c2ccccc2)c1. The Kier molecular flexibility index (Phi) is 11.4. The van der Waals surface area contributed by atoms with Crippen LogP contribution in [0.5, 0.6) is 0 Å². The first-order valence-corrected chi connectivity index (χ1v) is 14.3. The molecule has 0 bridgehead atoms. The number of imide groups is 1. The highest BCUT2D eigenvalue weighted by molar-refractivity contribution is 7.98. The van der Waals surface area contributed by atoms with Crippen LogP contribution in [0.25, 0.3) is 11.1 Å². The maximum absolute atomic E-state index is 13.5. The monoisotopic (exact) mass is 531 g/mol. The van der Waals surface area contributed by atoms with Gasteiger partial charge in [-0.1, -0.05) is 79.7 Å². The quantitative estimate of drug-likeness (QED) is 0.307. The topological polar surface area (TPSA) is 69.7 Å². The second kappa shape index (κ2) is 15.0. The number of amides is 4. The lowest BCUT2D eigenvalue weighted by Crippen LogP contribution is -2.54. The van der Waals surface area contributed by atoms with Gasteiger partial charge in [0.05, 0.1) is 0 Å². The van der Waals surface area contributed by atoms with Crippen molar-refractivity contribution in [2.45, 2.75) is 39.0 Å². The first-order chi connectivity index (χ1) is 18.5. The fourth-order valence-corrected chi connectivity index (χ4v) is 5.17. The molecule has 38 heavy (non-hydrogen) atoms. The summed E-state index contributed by atoms with van der Waals surface area (Å²) in [5.74, 6) is 0.614. The zero-order valence-electron chi connectivity index (χ0n) is 22.4. The van der Waals surface area contributed by atoms with Gasteiger partial charge < -0.3 is 10.2 Å². The van der Waals surface area contributed by atoms with Gasteiger partial charge in [0.15, 0.2) is 0 Å². The summed E-state index contributed by atoms with van der Waals surface area (Å²) in [7, 11) is 0. The van der Waals surface area contributed by atoms with Gasteiger partial charge in [-0.3, -0.25) is 14.5 Å². The number of carbonyl (C=O) groups excluding carboxylic acids is 3. The fraction of sp³-hybridized carbons (Fsp3) is 0.323. The van der Waals surface area contributed by atoms with Crippen molar-refractivity contribution < 1.29 is 14.4 Å². The van der Waals surface area contributed by atoms with Gasteiger partial charge in [0, 0.05) is 36.7 Å². The molecule has 3 aromatic carbocycles. The predicted molar refractivity (Wildman–Crippen MR) is 156 cm³/mol. The molecule has 0 saturated carbocycles. The van der Waals surface area contributed by atoms with E-state index in [1.807, 2.05) is 99.6 Å². The molecule has 200 valence electrons. The third-order valence-corrected chi connectivity index (χ3v) is 7.33. The molecular weight excluding hydrogens is 494 g/mol. The van der Waals surface area contributed by atoms with Gasteiger partial charge in [-0.25, -0.2) is 4.79 Å². The highest BCUT2D eigenvalue weighted by Gasteiger charge is 2.29. The van der Waals surface area contributed by atoms with E-state index in [1.54, 1.807) is 22.7 Å². The minimum absolute atomic E-state index is 0.140. The molecule has 4 amide bonds. The maximum atomic E-state index is 13.5. The molecule has 0 unspecified atom stereocenters. The van der Waals surface area contributed by atoms with Gasteiger partial charge in [0.1, 0.15) is 6.04 Å². The van der Waals surface area contributed by atoms with Crippen molar-refractivity contribution in [3.63, 3.8) is 0 Å². The Balaban J connectivity index is 1.78. The molecule has 3 aromatic rings. The van der Waals surface area contributed by atoms with Crippen LogP contribution in [-0.4, -0.2) is 59.1 Å². The summed E-state index contributed by atoms with van der Waals surface area (Å²) in [5, 5.41) is 2.89. The average Bonchev–Trinajstić information content (AvgIpc) is 2.96. The number of rotatable bonds is 12. The number of likely N-dealkylation sites (N-methyl/N-ethyl adjacent to an activating group) is 1. The predicted octanol–water partition coefficient (Wildman–Crippen LogP) is 6.09. The largest absolute Gasteiger partial charge is 0.341 e. The molecule has 0 fully saturated rings. The molecule has 3 rings (SSSR count). The number of benzene rings is 3. The molecule has 0 heterocycles. The molecule has 0 aliphatic rings. The standard InChI is InChI=1S/C31H37N3O3S/c1-4-20-34(29(35)27-19-13-18-26(21-27)25-16-11-8-12-17-25)31(37)32-28(30(36)33(5-2)6-3)23-38-22-24-14-9-7-10-15-24/h7-19,21,28H,4-6,20,22-23H2,1-3H3,(H,32,37)/t28-/m0/s1. The molecular formula is C31H37N3O3S. The van der Waals surface area contributed by atoms with Crippen LogP contribution < -0.4 is 5.32 Å². The Morgan fingerprint density at radius 2 is 1.45 bits per heavy atom. The Morgan fingerprint density at radius 1 is 0.816 bits per heavy atom. The average molecular weight is 532 g/mol. The molecule has 6 nitrogen and oxygen atoms in total. The number of nitrogens with one attached hydrogen (secondary N) is 1. The molecule has 7 heteroatoms. The normalized spacial score (nSPS) is 11.4. The summed E-state index contributed by atoms with van der Waals surface area (Å²) in [6.07, 6.45) is 0.606. The molecule has 0 radical (unpaired) electrons. The Labute approximate surface area is 230 Å². The van der Waals surface area contributed by atoms with Crippen molar-refractivity contribution in [1.82, 2.24) is 15.1 Å². The number of carbonyl (C=O) groups is 3. The molecule has 0 saturated heterocycles. The second-order valence-electron chi connectivity index (χ2n) is 8.92. The van der Waals surface area contributed by atoms with E-state index in [0.29, 0.717) is 30.8 Å². The lowest BCUT2D eigenvalue weighted by molar-refractivity contribution is -0.132. The van der Waals surface area contributed by atoms with Crippen molar-refractivity contribution in [3.8, 4) is 11.1 Å². The lowest BCUT2D eigenvalue weighted by atomic mass is 10.0. The summed E-state index contributed by atoms with van der Waals surface area (Å²) in [6, 6.07) is 25.8. The molecule has 0 aliphatic carbocycles. The Bertz CT molecular complexity index is 1180. The number of urea groups is 1. The Morgan fingerprint density at radius 3 is 2.08 bits per heavy atom. The Hall–Kier alpha value is -3.58. The summed E-state index contributed by atoms with van der Waals surface area (Å²) in [6.45, 7) is 7.11. The molecule has 0 aliphatic heterocycles. The smallest absolute Gasteiger partial charge is 0.325 e. The van der Waals surface area contributed by atoms with Crippen LogP contribution in [0.15, 0.2) is 84.9 Å². The zero-order chi connectivity index (χ0) is 27.3. The molecule has 1 atom stereocenters. The van der Waals surface area contributed by atoms with Gasteiger partial charge in [-0.05, 0) is 49.1 Å². The molecule has 0 aromatic heterocycles. The highest BCUT2D eigenvalue weighted by Crippen LogP contribution is 2.21. The summed E-state index contributed by atoms with van der Waals surface area (Å²) >= 11 is 1.59. The first-order valence-electron chi connectivity index (χ1n) is 13.2. The molecule has 1 N–H and O–H groups in total. The number of thioether (sulfide) groups is 1. The summed E-state index contributed by atoms with van der Waals surface area (Å²) < 4.78 is 0. The third-order valence-electron chi connectivity index (χ3n) is 6.22. The van der Waals surface area contributed by atoms with Gasteiger partial charge in [0.25, 0.3) is 5.91 Å². The minimum atomic E-state index is -0.737. The number of hydrogen-bond acceptors (Lipinski definition) is 4. The van der Waals surface area contributed by atoms with Gasteiger partial charge >= 0.3 is 6.03 Å². The third kappa shape index (κ3) is 7.96. The van der Waals surface area contributed by atoms with Crippen LogP contribution in [0.3, 0.4) is 0 Å². The van der Waals surface area contributed by atoms with Crippen molar-refractivity contribution in [2.75, 3.05) is 25.4 Å². The first kappa shape index (κ1) is 29.0. The molecule has 0 spiro atoms. The minimum Gasteiger partial charge on any atom is -0.341 e. The van der Waals surface area contributed by atoms with E-state index in [4.69, 9.17) is 0 Å². The summed E-state index contributed by atoms with van der Waals surface area (Å²) in [4.78, 5) is 43.2. The van der Waals surface area contributed by atoms with Crippen molar-refractivity contribution >= 4 is 29.6 Å². The van der Waals surface area contributed by atoms with Crippen molar-refractivity contribution in [1.29, 1.82) is 0 Å². The maximum Gasteiger partial charge on any atom is 0.325 e. The van der Waals surface area contributed by atoms with E-state index >= 15 is 0 Å². The summed E-state index contributed by atoms with van der Waals surface area (Å²) in [5.41, 5.74) is 3.48. The van der Waals surface area contributed by atoms with E-state index in [-0.39, 0.29) is 18.4 Å². The van der Waals surface area contributed by atoms with Crippen LogP contribution in [0.1, 0.15) is 43.1 Å². The second-order valence-corrected chi connectivity index (χ2v) is 9.95. The highest BCUT2D eigenvalue weighted by atomic mass is 32.2. The van der Waals surface area contributed by atoms with Crippen LogP contribution in [0.4, 0.5) is 4.79 Å². The van der Waals surface area contributed by atoms with Crippen LogP contribution >= 0.6 is 11.8 Å². The van der Waals surface area contributed by atoms with Gasteiger partial charge in [0.2, 0.25) is 5.91 Å². The van der Waals surface area contributed by atoms with E-state index in [2.05, 4.69) is 5.32 Å². The van der Waals surface area contributed by atoms with E-state index in [9.17, 15) is 14.4 Å². The zero-order valence-corrected chi connectivity index (χ0v) is 23.2. The lowest BCUT2D eigenvalue weighted by Gasteiger charge is -2.28. The van der Waals surface area contributed by atoms with Gasteiger partial charge in [-0.15, -0.1) is 0 Å².